The first-order chi connectivity index (χ1) is 10.8. The monoisotopic (exact) mass is 361 g/mol. The van der Waals surface area contributed by atoms with Crippen molar-refractivity contribution in [3.05, 3.63) is 59.1 Å². The molecule has 0 N–H and O–H groups in total. The van der Waals surface area contributed by atoms with Crippen LogP contribution >= 0.6 is 11.6 Å². The van der Waals surface area contributed by atoms with Crippen LogP contribution in [-0.2, 0) is 10.0 Å². The normalized spacial score (nSPS) is 11.7. The van der Waals surface area contributed by atoms with Gasteiger partial charge in [-0.15, -0.1) is 0 Å². The molecule has 0 saturated carbocycles. The molecule has 8 heteroatoms. The molecule has 124 valence electrons. The van der Waals surface area contributed by atoms with Gasteiger partial charge in [0, 0.05) is 13.6 Å². The maximum atomic E-state index is 13.1. The molecule has 0 radical (unpaired) electrons. The Morgan fingerprint density at radius 3 is 2.39 bits per heavy atom. The van der Waals surface area contributed by atoms with E-state index in [4.69, 9.17) is 16.3 Å². The highest BCUT2D eigenvalue weighted by Gasteiger charge is 2.21. The molecule has 2 rings (SSSR count). The summed E-state index contributed by atoms with van der Waals surface area (Å²) in [6.45, 7) is 0.144. The quantitative estimate of drug-likeness (QED) is 0.793. The van der Waals surface area contributed by atoms with Gasteiger partial charge in [-0.25, -0.2) is 17.2 Å². The molecule has 2 aromatic rings. The van der Waals surface area contributed by atoms with Gasteiger partial charge in [0.25, 0.3) is 0 Å². The van der Waals surface area contributed by atoms with Crippen LogP contribution in [0.5, 0.6) is 5.75 Å². The van der Waals surface area contributed by atoms with Crippen molar-refractivity contribution in [3.8, 4) is 5.75 Å². The molecule has 4 nitrogen and oxygen atoms in total. The molecule has 0 amide bonds. The van der Waals surface area contributed by atoms with Crippen LogP contribution in [0.25, 0.3) is 0 Å². The maximum Gasteiger partial charge on any atom is 0.242 e. The molecule has 2 aromatic carbocycles. The van der Waals surface area contributed by atoms with Crippen molar-refractivity contribution in [2.75, 3.05) is 20.2 Å². The third-order valence-corrected chi connectivity index (χ3v) is 5.23. The Balaban J connectivity index is 1.99. The van der Waals surface area contributed by atoms with Crippen LogP contribution in [0.4, 0.5) is 8.78 Å². The summed E-state index contributed by atoms with van der Waals surface area (Å²) < 4.78 is 56.9. The number of ether oxygens (including phenoxy) is 1. The Hall–Kier alpha value is -1.70. The van der Waals surface area contributed by atoms with Gasteiger partial charge < -0.3 is 4.74 Å². The van der Waals surface area contributed by atoms with Crippen molar-refractivity contribution in [2.45, 2.75) is 4.90 Å². The van der Waals surface area contributed by atoms with Crippen LogP contribution in [0.2, 0.25) is 5.02 Å². The first-order valence-corrected chi connectivity index (χ1v) is 8.42. The average molecular weight is 362 g/mol. The van der Waals surface area contributed by atoms with E-state index in [9.17, 15) is 17.2 Å². The van der Waals surface area contributed by atoms with Gasteiger partial charge in [0.05, 0.1) is 9.92 Å². The molecule has 0 heterocycles. The molecular formula is C15H14ClF2NO3S. The van der Waals surface area contributed by atoms with E-state index in [0.717, 1.165) is 22.5 Å². The molecular weight excluding hydrogens is 348 g/mol. The van der Waals surface area contributed by atoms with Crippen LogP contribution in [-0.4, -0.2) is 32.9 Å². The third-order valence-electron chi connectivity index (χ3n) is 3.09. The minimum atomic E-state index is -3.80. The molecule has 0 aromatic heterocycles. The van der Waals surface area contributed by atoms with E-state index < -0.39 is 15.8 Å². The molecule has 0 aliphatic heterocycles. The Kier molecular flexibility index (Phi) is 5.56. The summed E-state index contributed by atoms with van der Waals surface area (Å²) in [4.78, 5) is -0.104. The second kappa shape index (κ2) is 7.25. The van der Waals surface area contributed by atoms with Crippen LogP contribution in [0, 0.1) is 11.6 Å². The predicted octanol–water partition coefficient (Wildman–Crippen LogP) is 3.32. The zero-order chi connectivity index (χ0) is 17.0. The largest absolute Gasteiger partial charge is 0.492 e. The summed E-state index contributed by atoms with van der Waals surface area (Å²) >= 11 is 5.61. The number of rotatable bonds is 6. The Morgan fingerprint density at radius 2 is 1.78 bits per heavy atom. The number of halogens is 3. The van der Waals surface area contributed by atoms with E-state index in [-0.39, 0.29) is 28.9 Å². The minimum Gasteiger partial charge on any atom is -0.492 e. The summed E-state index contributed by atoms with van der Waals surface area (Å²) in [6.07, 6.45) is 0. The van der Waals surface area contributed by atoms with E-state index >= 15 is 0 Å². The van der Waals surface area contributed by atoms with Crippen molar-refractivity contribution in [2.24, 2.45) is 0 Å². The summed E-state index contributed by atoms with van der Waals surface area (Å²) in [7, 11) is -2.42. The van der Waals surface area contributed by atoms with Crippen molar-refractivity contribution in [1.82, 2.24) is 4.31 Å². The van der Waals surface area contributed by atoms with Crippen molar-refractivity contribution < 1.29 is 21.9 Å². The van der Waals surface area contributed by atoms with Gasteiger partial charge in [0.2, 0.25) is 10.0 Å². The first kappa shape index (κ1) is 17.7. The topological polar surface area (TPSA) is 46.6 Å². The second-order valence-electron chi connectivity index (χ2n) is 4.70. The van der Waals surface area contributed by atoms with Crippen molar-refractivity contribution in [3.63, 3.8) is 0 Å². The summed E-state index contributed by atoms with van der Waals surface area (Å²) in [5.74, 6) is -0.639. The van der Waals surface area contributed by atoms with Gasteiger partial charge in [-0.1, -0.05) is 11.6 Å². The van der Waals surface area contributed by atoms with Crippen LogP contribution in [0.1, 0.15) is 0 Å². The minimum absolute atomic E-state index is 0.0642. The zero-order valence-corrected chi connectivity index (χ0v) is 13.7. The summed E-state index contributed by atoms with van der Waals surface area (Å²) in [5.41, 5.74) is 0. The predicted molar refractivity (Wildman–Crippen MR) is 83.1 cm³/mol. The van der Waals surface area contributed by atoms with E-state index in [1.54, 1.807) is 0 Å². The number of likely N-dealkylation sites (N-methyl/N-ethyl adjacent to an activating group) is 1. The van der Waals surface area contributed by atoms with Gasteiger partial charge in [-0.3, -0.25) is 0 Å². The van der Waals surface area contributed by atoms with Gasteiger partial charge in [0.1, 0.15) is 24.0 Å². The number of hydrogen-bond acceptors (Lipinski definition) is 3. The lowest BCUT2D eigenvalue weighted by molar-refractivity contribution is 0.286. The SMILES string of the molecule is CN(CCOc1ccc(F)cc1)S(=O)(=O)c1ccc(F)c(Cl)c1. The zero-order valence-electron chi connectivity index (χ0n) is 12.2. The molecule has 0 bridgehead atoms. The number of nitrogens with zero attached hydrogens (tertiary/aromatic N) is 1. The van der Waals surface area contributed by atoms with Crippen LogP contribution in [0.15, 0.2) is 47.4 Å². The summed E-state index contributed by atoms with van der Waals surface area (Å²) in [5, 5.41) is -0.262. The molecule has 0 saturated heterocycles. The molecule has 0 spiro atoms. The third kappa shape index (κ3) is 4.40. The second-order valence-corrected chi connectivity index (χ2v) is 7.16. The fraction of sp³-hybridized carbons (Fsp3) is 0.200. The van der Waals surface area contributed by atoms with Crippen molar-refractivity contribution in [1.29, 1.82) is 0 Å². The number of sulfonamides is 1. The molecule has 0 unspecified atom stereocenters. The highest BCUT2D eigenvalue weighted by molar-refractivity contribution is 7.89. The smallest absolute Gasteiger partial charge is 0.242 e. The number of hydrogen-bond donors (Lipinski definition) is 0. The van der Waals surface area contributed by atoms with Crippen molar-refractivity contribution >= 4 is 21.6 Å². The van der Waals surface area contributed by atoms with Gasteiger partial charge in [0.15, 0.2) is 0 Å². The first-order valence-electron chi connectivity index (χ1n) is 6.60. The molecule has 0 aliphatic rings. The fourth-order valence-electron chi connectivity index (χ4n) is 1.76. The lowest BCUT2D eigenvalue weighted by Crippen LogP contribution is -2.31. The van der Waals surface area contributed by atoms with E-state index in [0.29, 0.717) is 5.75 Å². The number of benzene rings is 2. The van der Waals surface area contributed by atoms with E-state index in [1.807, 2.05) is 0 Å². The molecule has 0 atom stereocenters. The Labute approximate surface area is 138 Å². The molecule has 0 fully saturated rings. The van der Waals surface area contributed by atoms with E-state index in [1.165, 1.54) is 31.3 Å². The molecule has 0 aliphatic carbocycles. The van der Waals surface area contributed by atoms with Gasteiger partial charge >= 0.3 is 0 Å². The Bertz CT molecular complexity index is 782. The van der Waals surface area contributed by atoms with Gasteiger partial charge in [-0.2, -0.15) is 4.31 Å². The Morgan fingerprint density at radius 1 is 1.13 bits per heavy atom. The standard InChI is InChI=1S/C15H14ClF2NO3S/c1-19(8-9-22-12-4-2-11(17)3-5-12)23(20,21)13-6-7-15(18)14(16)10-13/h2-7,10H,8-9H2,1H3. The maximum absolute atomic E-state index is 13.1. The van der Waals surface area contributed by atoms with Crippen LogP contribution in [0.3, 0.4) is 0 Å². The van der Waals surface area contributed by atoms with Gasteiger partial charge in [-0.05, 0) is 42.5 Å². The average Bonchev–Trinajstić information content (AvgIpc) is 2.51. The highest BCUT2D eigenvalue weighted by atomic mass is 35.5. The highest BCUT2D eigenvalue weighted by Crippen LogP contribution is 2.21. The fourth-order valence-corrected chi connectivity index (χ4v) is 3.19. The lowest BCUT2D eigenvalue weighted by atomic mass is 10.3. The van der Waals surface area contributed by atoms with E-state index in [2.05, 4.69) is 0 Å². The molecule has 23 heavy (non-hydrogen) atoms. The summed E-state index contributed by atoms with van der Waals surface area (Å²) in [6, 6.07) is 8.59. The van der Waals surface area contributed by atoms with Crippen LogP contribution < -0.4 is 4.74 Å². The lowest BCUT2D eigenvalue weighted by Gasteiger charge is -2.17.